The van der Waals surface area contributed by atoms with E-state index in [2.05, 4.69) is 5.32 Å². The molecule has 0 bridgehead atoms. The molecular formula is C17H26N2O3. The fourth-order valence-corrected chi connectivity index (χ4v) is 3.28. The summed E-state index contributed by atoms with van der Waals surface area (Å²) in [5.41, 5.74) is 0.284. The third kappa shape index (κ3) is 4.06. The van der Waals surface area contributed by atoms with Crippen molar-refractivity contribution < 1.29 is 15.0 Å². The first-order valence-corrected chi connectivity index (χ1v) is 7.96. The van der Waals surface area contributed by atoms with Crippen molar-refractivity contribution in [2.45, 2.75) is 32.3 Å². The lowest BCUT2D eigenvalue weighted by atomic mass is 9.74. The summed E-state index contributed by atoms with van der Waals surface area (Å²) < 4.78 is 0. The maximum absolute atomic E-state index is 12.1. The highest BCUT2D eigenvalue weighted by atomic mass is 16.3. The third-order valence-corrected chi connectivity index (χ3v) is 4.45. The van der Waals surface area contributed by atoms with Crippen molar-refractivity contribution in [2.75, 3.05) is 31.6 Å². The number of likely N-dealkylation sites (tertiary alicyclic amines) is 1. The predicted octanol–water partition coefficient (Wildman–Crippen LogP) is 1.47. The molecule has 0 aromatic heterocycles. The van der Waals surface area contributed by atoms with E-state index >= 15 is 0 Å². The van der Waals surface area contributed by atoms with E-state index in [1.807, 2.05) is 42.2 Å². The van der Waals surface area contributed by atoms with E-state index in [1.165, 1.54) is 0 Å². The molecule has 1 aromatic rings. The Morgan fingerprint density at radius 1 is 1.41 bits per heavy atom. The van der Waals surface area contributed by atoms with Gasteiger partial charge in [-0.15, -0.1) is 0 Å². The van der Waals surface area contributed by atoms with E-state index in [9.17, 15) is 15.0 Å². The van der Waals surface area contributed by atoms with Gasteiger partial charge in [-0.1, -0.05) is 31.5 Å². The van der Waals surface area contributed by atoms with Crippen LogP contribution in [0.4, 0.5) is 5.69 Å². The number of hydrogen-bond donors (Lipinski definition) is 3. The number of nitrogens with one attached hydrogen (secondary N) is 1. The number of aliphatic hydroxyl groups is 2. The van der Waals surface area contributed by atoms with Gasteiger partial charge in [0.1, 0.15) is 0 Å². The number of carbonyl (C=O) groups is 1. The third-order valence-electron chi connectivity index (χ3n) is 4.45. The van der Waals surface area contributed by atoms with Crippen LogP contribution in [-0.4, -0.2) is 53.4 Å². The first-order chi connectivity index (χ1) is 10.6. The minimum absolute atomic E-state index is 0.0428. The molecule has 2 rings (SSSR count). The topological polar surface area (TPSA) is 72.8 Å². The molecule has 2 atom stereocenters. The van der Waals surface area contributed by atoms with Crippen molar-refractivity contribution in [1.82, 2.24) is 4.90 Å². The van der Waals surface area contributed by atoms with Crippen LogP contribution in [0.15, 0.2) is 30.3 Å². The standard InChI is InChI=1S/C17H26N2O3/c1-2-9-17(13-20)12-19(10-8-15(17)21)11-16(22)18-14-6-4-3-5-7-14/h3-7,15,20-21H,2,8-13H2,1H3,(H,18,22)/t15-,17-/m1/s1. The second-order valence-electron chi connectivity index (χ2n) is 6.20. The number of anilines is 1. The van der Waals surface area contributed by atoms with E-state index in [0.717, 1.165) is 18.5 Å². The maximum Gasteiger partial charge on any atom is 0.238 e. The van der Waals surface area contributed by atoms with Crippen LogP contribution in [0.5, 0.6) is 0 Å². The van der Waals surface area contributed by atoms with Gasteiger partial charge in [0.2, 0.25) is 5.91 Å². The van der Waals surface area contributed by atoms with Crippen molar-refractivity contribution in [3.05, 3.63) is 30.3 Å². The number of piperidine rings is 1. The number of carbonyl (C=O) groups excluding carboxylic acids is 1. The van der Waals surface area contributed by atoms with Gasteiger partial charge in [-0.3, -0.25) is 9.69 Å². The number of para-hydroxylation sites is 1. The van der Waals surface area contributed by atoms with Crippen LogP contribution >= 0.6 is 0 Å². The number of nitrogens with zero attached hydrogens (tertiary/aromatic N) is 1. The van der Waals surface area contributed by atoms with Crippen LogP contribution < -0.4 is 5.32 Å². The van der Waals surface area contributed by atoms with Crippen LogP contribution in [0.25, 0.3) is 0 Å². The number of hydrogen-bond acceptors (Lipinski definition) is 4. The average Bonchev–Trinajstić information content (AvgIpc) is 2.51. The smallest absolute Gasteiger partial charge is 0.238 e. The number of amides is 1. The molecule has 1 aliphatic rings. The van der Waals surface area contributed by atoms with E-state index in [-0.39, 0.29) is 19.1 Å². The van der Waals surface area contributed by atoms with E-state index in [0.29, 0.717) is 19.5 Å². The van der Waals surface area contributed by atoms with Crippen molar-refractivity contribution >= 4 is 11.6 Å². The van der Waals surface area contributed by atoms with Crippen LogP contribution in [-0.2, 0) is 4.79 Å². The summed E-state index contributed by atoms with van der Waals surface area (Å²) in [6, 6.07) is 9.37. The minimum Gasteiger partial charge on any atom is -0.396 e. The van der Waals surface area contributed by atoms with Crippen LogP contribution in [0.3, 0.4) is 0 Å². The summed E-state index contributed by atoms with van der Waals surface area (Å²) in [4.78, 5) is 14.2. The largest absolute Gasteiger partial charge is 0.396 e. The fourth-order valence-electron chi connectivity index (χ4n) is 3.28. The lowest BCUT2D eigenvalue weighted by molar-refractivity contribution is -0.121. The molecule has 0 radical (unpaired) electrons. The highest BCUT2D eigenvalue weighted by molar-refractivity contribution is 5.92. The van der Waals surface area contributed by atoms with E-state index in [4.69, 9.17) is 0 Å². The number of aliphatic hydroxyl groups excluding tert-OH is 2. The summed E-state index contributed by atoms with van der Waals surface area (Å²) in [5, 5.41) is 22.9. The molecule has 1 amide bonds. The Morgan fingerprint density at radius 2 is 2.14 bits per heavy atom. The van der Waals surface area contributed by atoms with Gasteiger partial charge in [0, 0.05) is 24.2 Å². The molecule has 122 valence electrons. The average molecular weight is 306 g/mol. The molecule has 1 aliphatic heterocycles. The monoisotopic (exact) mass is 306 g/mol. The first kappa shape index (κ1) is 16.9. The van der Waals surface area contributed by atoms with Crippen LogP contribution in [0, 0.1) is 5.41 Å². The van der Waals surface area contributed by atoms with Gasteiger partial charge in [0.05, 0.1) is 19.3 Å². The van der Waals surface area contributed by atoms with Gasteiger partial charge in [-0.05, 0) is 25.0 Å². The van der Waals surface area contributed by atoms with Gasteiger partial charge in [0.15, 0.2) is 0 Å². The SMILES string of the molecule is CCC[C@]1(CO)CN(CC(=O)Nc2ccccc2)CC[C@H]1O. The predicted molar refractivity (Wildman–Crippen MR) is 86.6 cm³/mol. The summed E-state index contributed by atoms with van der Waals surface area (Å²) in [5.74, 6) is -0.0640. The molecule has 1 aromatic carbocycles. The van der Waals surface area contributed by atoms with Gasteiger partial charge in [0.25, 0.3) is 0 Å². The molecule has 1 saturated heterocycles. The van der Waals surface area contributed by atoms with E-state index < -0.39 is 11.5 Å². The zero-order chi connectivity index (χ0) is 16.0. The molecule has 0 saturated carbocycles. The maximum atomic E-state index is 12.1. The van der Waals surface area contributed by atoms with Crippen molar-refractivity contribution in [2.24, 2.45) is 5.41 Å². The van der Waals surface area contributed by atoms with E-state index in [1.54, 1.807) is 0 Å². The Balaban J connectivity index is 1.94. The second kappa shape index (κ2) is 7.72. The molecule has 0 spiro atoms. The van der Waals surface area contributed by atoms with Crippen LogP contribution in [0.1, 0.15) is 26.2 Å². The van der Waals surface area contributed by atoms with Gasteiger partial charge >= 0.3 is 0 Å². The molecule has 1 fully saturated rings. The Morgan fingerprint density at radius 3 is 2.77 bits per heavy atom. The molecule has 1 heterocycles. The second-order valence-corrected chi connectivity index (χ2v) is 6.20. The summed E-state index contributed by atoms with van der Waals surface area (Å²) >= 11 is 0. The zero-order valence-corrected chi connectivity index (χ0v) is 13.2. The molecule has 0 aliphatic carbocycles. The minimum atomic E-state index is -0.500. The van der Waals surface area contributed by atoms with Gasteiger partial charge in [-0.2, -0.15) is 0 Å². The fraction of sp³-hybridized carbons (Fsp3) is 0.588. The Kier molecular flexibility index (Phi) is 5.94. The highest BCUT2D eigenvalue weighted by Gasteiger charge is 2.41. The van der Waals surface area contributed by atoms with Crippen molar-refractivity contribution in [3.8, 4) is 0 Å². The summed E-state index contributed by atoms with van der Waals surface area (Å²) in [6.45, 7) is 3.52. The Labute approximate surface area is 131 Å². The van der Waals surface area contributed by atoms with Crippen molar-refractivity contribution in [3.63, 3.8) is 0 Å². The highest BCUT2D eigenvalue weighted by Crippen LogP contribution is 2.34. The molecule has 5 heteroatoms. The lowest BCUT2D eigenvalue weighted by Gasteiger charge is -2.45. The Hall–Kier alpha value is -1.43. The molecule has 0 unspecified atom stereocenters. The molecule has 22 heavy (non-hydrogen) atoms. The Bertz CT molecular complexity index is 480. The summed E-state index contributed by atoms with van der Waals surface area (Å²) in [6.07, 6.45) is 1.77. The zero-order valence-electron chi connectivity index (χ0n) is 13.2. The van der Waals surface area contributed by atoms with Crippen LogP contribution in [0.2, 0.25) is 0 Å². The molecule has 5 nitrogen and oxygen atoms in total. The van der Waals surface area contributed by atoms with Gasteiger partial charge < -0.3 is 15.5 Å². The summed E-state index contributed by atoms with van der Waals surface area (Å²) in [7, 11) is 0. The molecule has 3 N–H and O–H groups in total. The normalized spacial score (nSPS) is 25.9. The quantitative estimate of drug-likeness (QED) is 0.744. The van der Waals surface area contributed by atoms with Gasteiger partial charge in [-0.25, -0.2) is 0 Å². The van der Waals surface area contributed by atoms with Crippen molar-refractivity contribution in [1.29, 1.82) is 0 Å². The number of benzene rings is 1. The number of rotatable bonds is 6. The first-order valence-electron chi connectivity index (χ1n) is 7.96. The molecular weight excluding hydrogens is 280 g/mol. The lowest BCUT2D eigenvalue weighted by Crippen LogP contribution is -2.55.